The van der Waals surface area contributed by atoms with E-state index in [2.05, 4.69) is 23.8 Å². The Morgan fingerprint density at radius 1 is 1.16 bits per heavy atom. The second-order valence-electron chi connectivity index (χ2n) is 6.39. The molecule has 2 fully saturated rings. The van der Waals surface area contributed by atoms with E-state index in [0.29, 0.717) is 18.6 Å². The Bertz CT molecular complexity index is 309. The van der Waals surface area contributed by atoms with Crippen molar-refractivity contribution in [1.82, 2.24) is 9.80 Å². The zero-order valence-electron chi connectivity index (χ0n) is 12.6. The molecule has 2 heterocycles. The first-order valence-electron chi connectivity index (χ1n) is 7.65. The summed E-state index contributed by atoms with van der Waals surface area (Å²) >= 11 is 0. The molecule has 3 atom stereocenters. The second-order valence-corrected chi connectivity index (χ2v) is 6.39. The van der Waals surface area contributed by atoms with Gasteiger partial charge in [0, 0.05) is 6.04 Å². The molecule has 3 unspecified atom stereocenters. The average Bonchev–Trinajstić information content (AvgIpc) is 2.40. The summed E-state index contributed by atoms with van der Waals surface area (Å²) in [5.41, 5.74) is 0. The molecule has 0 spiro atoms. The number of hydrogen-bond donors (Lipinski definition) is 0. The topological polar surface area (TPSA) is 32.8 Å². The van der Waals surface area contributed by atoms with Gasteiger partial charge in [0.1, 0.15) is 12.6 Å². The molecule has 0 aromatic rings. The van der Waals surface area contributed by atoms with Gasteiger partial charge >= 0.3 is 5.97 Å². The second kappa shape index (κ2) is 6.71. The standard InChI is InChI=1S/C15H28N2O2/c1-12-7-9-17(3)14(10-12)15(18)19-11-13-6-4-5-8-16(13)2/h12-14H,4-11H2,1-3H3. The highest BCUT2D eigenvalue weighted by molar-refractivity contribution is 5.75. The number of rotatable bonds is 3. The quantitative estimate of drug-likeness (QED) is 0.730. The first-order valence-corrected chi connectivity index (χ1v) is 7.65. The van der Waals surface area contributed by atoms with Gasteiger partial charge in [-0.2, -0.15) is 0 Å². The smallest absolute Gasteiger partial charge is 0.323 e. The van der Waals surface area contributed by atoms with Gasteiger partial charge in [0.15, 0.2) is 0 Å². The Morgan fingerprint density at radius 3 is 2.68 bits per heavy atom. The van der Waals surface area contributed by atoms with Crippen molar-refractivity contribution in [2.24, 2.45) is 5.92 Å². The van der Waals surface area contributed by atoms with E-state index in [1.54, 1.807) is 0 Å². The summed E-state index contributed by atoms with van der Waals surface area (Å²) in [4.78, 5) is 16.7. The van der Waals surface area contributed by atoms with Crippen molar-refractivity contribution < 1.29 is 9.53 Å². The fourth-order valence-corrected chi connectivity index (χ4v) is 3.16. The van der Waals surface area contributed by atoms with E-state index in [1.165, 1.54) is 19.3 Å². The molecule has 0 saturated carbocycles. The summed E-state index contributed by atoms with van der Waals surface area (Å²) < 4.78 is 5.59. The third-order valence-corrected chi connectivity index (χ3v) is 4.74. The van der Waals surface area contributed by atoms with Gasteiger partial charge in [0.05, 0.1) is 0 Å². The highest BCUT2D eigenvalue weighted by Crippen LogP contribution is 2.22. The molecular formula is C15H28N2O2. The predicted octanol–water partition coefficient (Wildman–Crippen LogP) is 1.74. The third-order valence-electron chi connectivity index (χ3n) is 4.74. The Hall–Kier alpha value is -0.610. The van der Waals surface area contributed by atoms with E-state index in [-0.39, 0.29) is 12.0 Å². The monoisotopic (exact) mass is 268 g/mol. The van der Waals surface area contributed by atoms with Crippen LogP contribution in [0.4, 0.5) is 0 Å². The van der Waals surface area contributed by atoms with E-state index < -0.39 is 0 Å². The molecule has 110 valence electrons. The molecule has 19 heavy (non-hydrogen) atoms. The molecule has 2 aliphatic heterocycles. The molecule has 0 amide bonds. The highest BCUT2D eigenvalue weighted by Gasteiger charge is 2.31. The molecule has 0 radical (unpaired) electrons. The van der Waals surface area contributed by atoms with Crippen LogP contribution < -0.4 is 0 Å². The van der Waals surface area contributed by atoms with E-state index in [4.69, 9.17) is 4.74 Å². The Morgan fingerprint density at radius 2 is 1.95 bits per heavy atom. The molecule has 0 aliphatic carbocycles. The van der Waals surface area contributed by atoms with Crippen molar-refractivity contribution in [2.75, 3.05) is 33.8 Å². The van der Waals surface area contributed by atoms with Gasteiger partial charge in [-0.15, -0.1) is 0 Å². The summed E-state index contributed by atoms with van der Waals surface area (Å²) in [5, 5.41) is 0. The van der Waals surface area contributed by atoms with Crippen LogP contribution in [0.25, 0.3) is 0 Å². The Balaban J connectivity index is 1.79. The zero-order chi connectivity index (χ0) is 13.8. The van der Waals surface area contributed by atoms with Crippen molar-refractivity contribution in [3.05, 3.63) is 0 Å². The van der Waals surface area contributed by atoms with Gasteiger partial charge in [-0.25, -0.2) is 0 Å². The van der Waals surface area contributed by atoms with Crippen LogP contribution in [0.15, 0.2) is 0 Å². The minimum Gasteiger partial charge on any atom is -0.463 e. The number of likely N-dealkylation sites (N-methyl/N-ethyl adjacent to an activating group) is 2. The number of likely N-dealkylation sites (tertiary alicyclic amines) is 2. The molecule has 2 aliphatic rings. The SMILES string of the molecule is CC1CCN(C)C(C(=O)OCC2CCCCN2C)C1. The van der Waals surface area contributed by atoms with Crippen LogP contribution in [-0.2, 0) is 9.53 Å². The van der Waals surface area contributed by atoms with Crippen LogP contribution >= 0.6 is 0 Å². The number of carbonyl (C=O) groups excluding carboxylic acids is 1. The first-order chi connectivity index (χ1) is 9.08. The lowest BCUT2D eigenvalue weighted by Crippen LogP contribution is -2.47. The normalized spacial score (nSPS) is 34.2. The van der Waals surface area contributed by atoms with Gasteiger partial charge in [0.25, 0.3) is 0 Å². The van der Waals surface area contributed by atoms with E-state index in [9.17, 15) is 4.79 Å². The molecule has 0 N–H and O–H groups in total. The molecule has 4 nitrogen and oxygen atoms in total. The number of nitrogens with zero attached hydrogens (tertiary/aromatic N) is 2. The summed E-state index contributed by atoms with van der Waals surface area (Å²) in [6, 6.07) is 0.390. The maximum absolute atomic E-state index is 12.2. The van der Waals surface area contributed by atoms with Crippen molar-refractivity contribution in [3.8, 4) is 0 Å². The molecular weight excluding hydrogens is 240 g/mol. The zero-order valence-corrected chi connectivity index (χ0v) is 12.6. The Labute approximate surface area is 117 Å². The maximum Gasteiger partial charge on any atom is 0.323 e. The number of carbonyl (C=O) groups is 1. The van der Waals surface area contributed by atoms with Crippen molar-refractivity contribution in [2.45, 2.75) is 51.1 Å². The van der Waals surface area contributed by atoms with Crippen molar-refractivity contribution >= 4 is 5.97 Å². The van der Waals surface area contributed by atoms with Gasteiger partial charge in [-0.3, -0.25) is 9.69 Å². The fraction of sp³-hybridized carbons (Fsp3) is 0.933. The maximum atomic E-state index is 12.2. The summed E-state index contributed by atoms with van der Waals surface area (Å²) in [6.07, 6.45) is 5.80. The van der Waals surface area contributed by atoms with Gasteiger partial charge in [-0.05, 0) is 58.8 Å². The van der Waals surface area contributed by atoms with Gasteiger partial charge in [0.2, 0.25) is 0 Å². The van der Waals surface area contributed by atoms with Gasteiger partial charge in [-0.1, -0.05) is 13.3 Å². The van der Waals surface area contributed by atoms with Crippen LogP contribution in [0.3, 0.4) is 0 Å². The van der Waals surface area contributed by atoms with Crippen molar-refractivity contribution in [3.63, 3.8) is 0 Å². The van der Waals surface area contributed by atoms with Gasteiger partial charge < -0.3 is 9.64 Å². The minimum atomic E-state index is -0.0300. The Kier molecular flexibility index (Phi) is 5.22. The van der Waals surface area contributed by atoms with Crippen LogP contribution in [-0.4, -0.2) is 61.6 Å². The number of piperidine rings is 2. The van der Waals surface area contributed by atoms with Crippen LogP contribution in [0.1, 0.15) is 39.0 Å². The number of ether oxygens (including phenoxy) is 1. The first kappa shape index (κ1) is 14.8. The molecule has 2 rings (SSSR count). The molecule has 2 saturated heterocycles. The van der Waals surface area contributed by atoms with E-state index in [1.807, 2.05) is 7.05 Å². The summed E-state index contributed by atoms with van der Waals surface area (Å²) in [6.45, 7) is 4.92. The average molecular weight is 268 g/mol. The molecule has 0 aromatic carbocycles. The lowest BCUT2D eigenvalue weighted by Gasteiger charge is -2.35. The summed E-state index contributed by atoms with van der Waals surface area (Å²) in [7, 11) is 4.16. The van der Waals surface area contributed by atoms with E-state index in [0.717, 1.165) is 25.9 Å². The fourth-order valence-electron chi connectivity index (χ4n) is 3.16. The molecule has 0 bridgehead atoms. The lowest BCUT2D eigenvalue weighted by molar-refractivity contribution is -0.153. The number of esters is 1. The summed E-state index contributed by atoms with van der Waals surface area (Å²) in [5.74, 6) is 0.610. The van der Waals surface area contributed by atoms with Crippen LogP contribution in [0, 0.1) is 5.92 Å². The molecule has 0 aromatic heterocycles. The van der Waals surface area contributed by atoms with Crippen LogP contribution in [0.5, 0.6) is 0 Å². The van der Waals surface area contributed by atoms with E-state index >= 15 is 0 Å². The third kappa shape index (κ3) is 3.93. The van der Waals surface area contributed by atoms with Crippen LogP contribution in [0.2, 0.25) is 0 Å². The number of hydrogen-bond acceptors (Lipinski definition) is 4. The molecule has 4 heteroatoms. The van der Waals surface area contributed by atoms with Crippen molar-refractivity contribution in [1.29, 1.82) is 0 Å². The largest absolute Gasteiger partial charge is 0.463 e. The highest BCUT2D eigenvalue weighted by atomic mass is 16.5. The predicted molar refractivity (Wildman–Crippen MR) is 76.0 cm³/mol. The minimum absolute atomic E-state index is 0.0203. The lowest BCUT2D eigenvalue weighted by atomic mass is 9.93.